The van der Waals surface area contributed by atoms with E-state index in [9.17, 15) is 0 Å². The van der Waals surface area contributed by atoms with E-state index in [1.165, 1.54) is 0 Å². The molecule has 0 heterocycles. The summed E-state index contributed by atoms with van der Waals surface area (Å²) in [5.74, 6) is 0. The van der Waals surface area contributed by atoms with Gasteiger partial charge < -0.3 is 24.8 Å². The molecule has 5 nitrogen and oxygen atoms in total. The molecule has 0 aliphatic rings. The molecule has 0 aliphatic heterocycles. The molecule has 0 aromatic heterocycles. The van der Waals surface area contributed by atoms with Crippen LogP contribution in [0, 0.1) is 0 Å². The number of hydrogen-bond donors (Lipinski definition) is 3. The lowest BCUT2D eigenvalue weighted by Gasteiger charge is -2.10. The van der Waals surface area contributed by atoms with Crippen molar-refractivity contribution < 1.29 is 24.8 Å². The summed E-state index contributed by atoms with van der Waals surface area (Å²) in [6.45, 7) is 0.626. The van der Waals surface area contributed by atoms with Gasteiger partial charge in [0.25, 0.3) is 0 Å². The van der Waals surface area contributed by atoms with E-state index in [0.29, 0.717) is 0 Å². The Labute approximate surface area is 71.5 Å². The van der Waals surface area contributed by atoms with E-state index in [1.54, 1.807) is 0 Å². The first-order chi connectivity index (χ1) is 5.81. The van der Waals surface area contributed by atoms with Crippen LogP contribution in [0.15, 0.2) is 0 Å². The van der Waals surface area contributed by atoms with Gasteiger partial charge in [-0.05, 0) is 0 Å². The third kappa shape index (κ3) is 7.90. The monoisotopic (exact) mass is 180 g/mol. The van der Waals surface area contributed by atoms with Crippen LogP contribution in [0.5, 0.6) is 0 Å². The second-order valence-electron chi connectivity index (χ2n) is 2.25. The van der Waals surface area contributed by atoms with E-state index < -0.39 is 6.10 Å². The molecular weight excluding hydrogens is 164 g/mol. The molecule has 0 rings (SSSR count). The van der Waals surface area contributed by atoms with Gasteiger partial charge in [0, 0.05) is 0 Å². The molecule has 0 radical (unpaired) electrons. The summed E-state index contributed by atoms with van der Waals surface area (Å²) in [6.07, 6.45) is -0.692. The van der Waals surface area contributed by atoms with Gasteiger partial charge >= 0.3 is 0 Å². The van der Waals surface area contributed by atoms with Crippen molar-refractivity contribution >= 4 is 0 Å². The summed E-state index contributed by atoms with van der Waals surface area (Å²) >= 11 is 0. The van der Waals surface area contributed by atoms with Crippen LogP contribution in [0.1, 0.15) is 0 Å². The zero-order chi connectivity index (χ0) is 9.23. The molecule has 0 saturated heterocycles. The van der Waals surface area contributed by atoms with Gasteiger partial charge in [0.2, 0.25) is 0 Å². The summed E-state index contributed by atoms with van der Waals surface area (Å²) < 4.78 is 9.67. The standard InChI is InChI=1S/C7H16O5/c8-1-3-11-5-7(10)6-12-4-2-9/h7-10H,1-6H2. The van der Waals surface area contributed by atoms with E-state index >= 15 is 0 Å². The fraction of sp³-hybridized carbons (Fsp3) is 1.00. The van der Waals surface area contributed by atoms with Crippen molar-refractivity contribution in [3.05, 3.63) is 0 Å². The number of ether oxygens (including phenoxy) is 2. The van der Waals surface area contributed by atoms with Crippen molar-refractivity contribution in [3.63, 3.8) is 0 Å². The fourth-order valence-electron chi connectivity index (χ4n) is 0.616. The Balaban J connectivity index is 3.04. The molecule has 0 amide bonds. The predicted octanol–water partition coefficient (Wildman–Crippen LogP) is -1.63. The summed E-state index contributed by atoms with van der Waals surface area (Å²) in [4.78, 5) is 0. The van der Waals surface area contributed by atoms with Crippen molar-refractivity contribution in [3.8, 4) is 0 Å². The van der Waals surface area contributed by atoms with Crippen LogP contribution in [0.2, 0.25) is 0 Å². The molecule has 12 heavy (non-hydrogen) atoms. The van der Waals surface area contributed by atoms with E-state index in [4.69, 9.17) is 24.8 Å². The third-order valence-corrected chi connectivity index (χ3v) is 1.09. The fourth-order valence-corrected chi connectivity index (χ4v) is 0.616. The second kappa shape index (κ2) is 8.89. The van der Waals surface area contributed by atoms with Crippen LogP contribution in [-0.2, 0) is 9.47 Å². The molecule has 0 fully saturated rings. The summed E-state index contributed by atoms with van der Waals surface area (Å²) in [5.41, 5.74) is 0. The average Bonchev–Trinajstić information content (AvgIpc) is 2.06. The summed E-state index contributed by atoms with van der Waals surface area (Å²) in [7, 11) is 0. The van der Waals surface area contributed by atoms with Crippen LogP contribution in [0.4, 0.5) is 0 Å². The highest BCUT2D eigenvalue weighted by Crippen LogP contribution is 1.87. The largest absolute Gasteiger partial charge is 0.394 e. The lowest BCUT2D eigenvalue weighted by Crippen LogP contribution is -2.23. The van der Waals surface area contributed by atoms with E-state index in [0.717, 1.165) is 0 Å². The highest BCUT2D eigenvalue weighted by molar-refractivity contribution is 4.50. The molecule has 0 unspecified atom stereocenters. The van der Waals surface area contributed by atoms with Gasteiger partial charge in [0.05, 0.1) is 39.6 Å². The maximum atomic E-state index is 9.09. The van der Waals surface area contributed by atoms with Crippen LogP contribution in [0.3, 0.4) is 0 Å². The van der Waals surface area contributed by atoms with Gasteiger partial charge in [-0.2, -0.15) is 0 Å². The van der Waals surface area contributed by atoms with Gasteiger partial charge in [0.1, 0.15) is 6.10 Å². The number of rotatable bonds is 8. The second-order valence-corrected chi connectivity index (χ2v) is 2.25. The maximum Gasteiger partial charge on any atom is 0.101 e. The topological polar surface area (TPSA) is 79.2 Å². The minimum absolute atomic E-state index is 0.0514. The van der Waals surface area contributed by atoms with Crippen LogP contribution in [0.25, 0.3) is 0 Å². The molecule has 0 atom stereocenters. The Morgan fingerprint density at radius 1 is 0.917 bits per heavy atom. The van der Waals surface area contributed by atoms with Gasteiger partial charge in [-0.15, -0.1) is 0 Å². The van der Waals surface area contributed by atoms with Gasteiger partial charge in [0.15, 0.2) is 0 Å². The number of aliphatic hydroxyl groups is 3. The molecule has 0 aromatic rings. The molecule has 5 heteroatoms. The van der Waals surface area contributed by atoms with Crippen LogP contribution >= 0.6 is 0 Å². The highest BCUT2D eigenvalue weighted by atomic mass is 16.5. The van der Waals surface area contributed by atoms with Crippen LogP contribution in [-0.4, -0.2) is 61.1 Å². The van der Waals surface area contributed by atoms with E-state index in [1.807, 2.05) is 0 Å². The molecule has 0 aliphatic carbocycles. The lowest BCUT2D eigenvalue weighted by molar-refractivity contribution is -0.0304. The first kappa shape index (κ1) is 11.8. The summed E-state index contributed by atoms with van der Waals surface area (Å²) in [5, 5.41) is 25.7. The number of aliphatic hydroxyl groups excluding tert-OH is 3. The minimum Gasteiger partial charge on any atom is -0.394 e. The molecule has 0 bridgehead atoms. The van der Waals surface area contributed by atoms with Crippen molar-refractivity contribution in [2.75, 3.05) is 39.6 Å². The molecular formula is C7H16O5. The van der Waals surface area contributed by atoms with Gasteiger partial charge in [-0.25, -0.2) is 0 Å². The average molecular weight is 180 g/mol. The Hall–Kier alpha value is -0.200. The van der Waals surface area contributed by atoms with Crippen molar-refractivity contribution in [1.29, 1.82) is 0 Å². The van der Waals surface area contributed by atoms with Crippen LogP contribution < -0.4 is 0 Å². The minimum atomic E-state index is -0.692. The molecule has 0 aromatic carbocycles. The molecule has 0 spiro atoms. The quantitative estimate of drug-likeness (QED) is 0.391. The zero-order valence-corrected chi connectivity index (χ0v) is 6.98. The Kier molecular flexibility index (Phi) is 8.74. The Morgan fingerprint density at radius 2 is 1.33 bits per heavy atom. The molecule has 0 saturated carbocycles. The zero-order valence-electron chi connectivity index (χ0n) is 6.98. The predicted molar refractivity (Wildman–Crippen MR) is 41.8 cm³/mol. The Bertz CT molecular complexity index is 77.9. The lowest BCUT2D eigenvalue weighted by atomic mass is 10.4. The van der Waals surface area contributed by atoms with E-state index in [-0.39, 0.29) is 39.6 Å². The summed E-state index contributed by atoms with van der Waals surface area (Å²) in [6, 6.07) is 0. The van der Waals surface area contributed by atoms with Crippen molar-refractivity contribution in [1.82, 2.24) is 0 Å². The molecule has 3 N–H and O–H groups in total. The Morgan fingerprint density at radius 3 is 1.67 bits per heavy atom. The highest BCUT2D eigenvalue weighted by Gasteiger charge is 2.03. The third-order valence-electron chi connectivity index (χ3n) is 1.09. The smallest absolute Gasteiger partial charge is 0.101 e. The van der Waals surface area contributed by atoms with E-state index in [2.05, 4.69) is 0 Å². The first-order valence-electron chi connectivity index (χ1n) is 3.86. The van der Waals surface area contributed by atoms with Gasteiger partial charge in [-0.3, -0.25) is 0 Å². The van der Waals surface area contributed by atoms with Gasteiger partial charge in [-0.1, -0.05) is 0 Å². The number of hydrogen-bond acceptors (Lipinski definition) is 5. The normalized spacial score (nSPS) is 11.0. The first-order valence-corrected chi connectivity index (χ1v) is 3.86. The molecule has 74 valence electrons. The maximum absolute atomic E-state index is 9.09. The van der Waals surface area contributed by atoms with Crippen molar-refractivity contribution in [2.24, 2.45) is 0 Å². The van der Waals surface area contributed by atoms with Crippen molar-refractivity contribution in [2.45, 2.75) is 6.10 Å². The SMILES string of the molecule is OCCOCC(O)COCCO.